The maximum Gasteiger partial charge on any atom is 0.320 e. The van der Waals surface area contributed by atoms with Crippen LogP contribution in [0.2, 0.25) is 0 Å². The third-order valence-corrected chi connectivity index (χ3v) is 2.37. The Hall–Kier alpha value is -0.810. The highest BCUT2D eigenvalue weighted by Gasteiger charge is 2.15. The Bertz CT molecular complexity index is 354. The molecule has 0 aliphatic heterocycles. The highest BCUT2D eigenvalue weighted by Crippen LogP contribution is 2.16. The summed E-state index contributed by atoms with van der Waals surface area (Å²) in [6.07, 6.45) is 1.59. The smallest absolute Gasteiger partial charge is 0.320 e. The Balaban J connectivity index is 2.26. The van der Waals surface area contributed by atoms with Crippen molar-refractivity contribution in [2.24, 2.45) is 0 Å². The Morgan fingerprint density at radius 1 is 1.56 bits per heavy atom. The van der Waals surface area contributed by atoms with Crippen molar-refractivity contribution in [2.75, 3.05) is 6.54 Å². The van der Waals surface area contributed by atoms with Crippen LogP contribution in [0.3, 0.4) is 0 Å². The zero-order valence-electron chi connectivity index (χ0n) is 9.67. The molecule has 0 aliphatic rings. The lowest BCUT2D eigenvalue weighted by molar-refractivity contribution is -0.153. The monoisotopic (exact) mass is 289 g/mol. The Kier molecular flexibility index (Phi) is 4.56. The highest BCUT2D eigenvalue weighted by atomic mass is 79.9. The van der Waals surface area contributed by atoms with Crippen molar-refractivity contribution in [3.8, 4) is 0 Å². The van der Waals surface area contributed by atoms with Crippen LogP contribution in [0.25, 0.3) is 0 Å². The molecule has 0 aliphatic carbocycles. The van der Waals surface area contributed by atoms with Crippen molar-refractivity contribution in [3.05, 3.63) is 22.6 Å². The second-order valence-electron chi connectivity index (χ2n) is 4.38. The molecule has 1 heterocycles. The number of ether oxygens (including phenoxy) is 1. The van der Waals surface area contributed by atoms with Gasteiger partial charge in [-0.25, -0.2) is 0 Å². The first-order valence-corrected chi connectivity index (χ1v) is 5.82. The first-order valence-electron chi connectivity index (χ1n) is 5.03. The van der Waals surface area contributed by atoms with Gasteiger partial charge in [0.1, 0.15) is 11.4 Å². The molecule has 1 rings (SSSR count). The van der Waals surface area contributed by atoms with Crippen LogP contribution in [0.4, 0.5) is 0 Å². The summed E-state index contributed by atoms with van der Waals surface area (Å²) in [7, 11) is 0. The van der Waals surface area contributed by atoms with Gasteiger partial charge in [-0.3, -0.25) is 10.1 Å². The lowest BCUT2D eigenvalue weighted by atomic mass is 10.2. The van der Waals surface area contributed by atoms with Gasteiger partial charge >= 0.3 is 5.97 Å². The summed E-state index contributed by atoms with van der Waals surface area (Å²) in [5.74, 6) is 0.499. The molecule has 1 aromatic heterocycles. The van der Waals surface area contributed by atoms with Crippen molar-refractivity contribution in [3.63, 3.8) is 0 Å². The fraction of sp³-hybridized carbons (Fsp3) is 0.545. The van der Waals surface area contributed by atoms with Crippen molar-refractivity contribution >= 4 is 21.9 Å². The quantitative estimate of drug-likeness (QED) is 0.865. The van der Waals surface area contributed by atoms with Gasteiger partial charge in [-0.05, 0) is 42.8 Å². The molecule has 16 heavy (non-hydrogen) atoms. The maximum absolute atomic E-state index is 11.3. The topological polar surface area (TPSA) is 51.5 Å². The van der Waals surface area contributed by atoms with Gasteiger partial charge in [0.25, 0.3) is 0 Å². The van der Waals surface area contributed by atoms with Crippen molar-refractivity contribution in [2.45, 2.75) is 32.9 Å². The molecule has 0 amide bonds. The van der Waals surface area contributed by atoms with Crippen LogP contribution in [-0.4, -0.2) is 18.1 Å². The molecule has 0 bridgehead atoms. The summed E-state index contributed by atoms with van der Waals surface area (Å²) in [5.41, 5.74) is -0.440. The molecule has 90 valence electrons. The molecule has 0 atom stereocenters. The number of furan rings is 1. The summed E-state index contributed by atoms with van der Waals surface area (Å²) < 4.78 is 11.2. The van der Waals surface area contributed by atoms with E-state index in [0.29, 0.717) is 6.54 Å². The minimum absolute atomic E-state index is 0.171. The SMILES string of the molecule is CC(C)(C)OC(=O)CNCc1occc1Br. The molecular weight excluding hydrogens is 274 g/mol. The lowest BCUT2D eigenvalue weighted by Gasteiger charge is -2.19. The van der Waals surface area contributed by atoms with Crippen molar-refractivity contribution in [1.29, 1.82) is 0 Å². The van der Waals surface area contributed by atoms with Gasteiger partial charge in [-0.15, -0.1) is 0 Å². The third-order valence-electron chi connectivity index (χ3n) is 1.67. The predicted octanol–water partition coefficient (Wildman–Crippen LogP) is 2.47. The van der Waals surface area contributed by atoms with Gasteiger partial charge in [0.05, 0.1) is 23.8 Å². The highest BCUT2D eigenvalue weighted by molar-refractivity contribution is 9.10. The molecule has 0 saturated heterocycles. The molecule has 4 nitrogen and oxygen atoms in total. The summed E-state index contributed by atoms with van der Waals surface area (Å²) >= 11 is 3.33. The maximum atomic E-state index is 11.3. The van der Waals surface area contributed by atoms with Crippen molar-refractivity contribution in [1.82, 2.24) is 5.32 Å². The minimum Gasteiger partial charge on any atom is -0.467 e. The van der Waals surface area contributed by atoms with Crippen LogP contribution in [0.5, 0.6) is 0 Å². The lowest BCUT2D eigenvalue weighted by Crippen LogP contribution is -2.31. The fourth-order valence-corrected chi connectivity index (χ4v) is 1.45. The van der Waals surface area contributed by atoms with Gasteiger partial charge < -0.3 is 9.15 Å². The number of rotatable bonds is 4. The first kappa shape index (κ1) is 13.3. The molecule has 0 unspecified atom stereocenters. The number of carbonyl (C=O) groups excluding carboxylic acids is 1. The fourth-order valence-electron chi connectivity index (χ4n) is 1.11. The Morgan fingerprint density at radius 3 is 2.75 bits per heavy atom. The molecule has 0 fully saturated rings. The molecular formula is C11H16BrNO3. The van der Waals surface area contributed by atoms with Gasteiger partial charge in [0.2, 0.25) is 0 Å². The van der Waals surface area contributed by atoms with Gasteiger partial charge in [-0.1, -0.05) is 0 Å². The zero-order chi connectivity index (χ0) is 12.2. The van der Waals surface area contributed by atoms with Crippen LogP contribution in [0.1, 0.15) is 26.5 Å². The third kappa shape index (κ3) is 4.81. The van der Waals surface area contributed by atoms with Crippen LogP contribution >= 0.6 is 15.9 Å². The van der Waals surface area contributed by atoms with Crippen LogP contribution < -0.4 is 5.32 Å². The van der Waals surface area contributed by atoms with Gasteiger partial charge in [0, 0.05) is 0 Å². The standard InChI is InChI=1S/C11H16BrNO3/c1-11(2,3)16-10(14)7-13-6-9-8(12)4-5-15-9/h4-5,13H,6-7H2,1-3H3. The first-order chi connectivity index (χ1) is 7.38. The van der Waals surface area contributed by atoms with E-state index in [0.717, 1.165) is 10.2 Å². The van der Waals surface area contributed by atoms with E-state index in [2.05, 4.69) is 21.2 Å². The number of hydrogen-bond donors (Lipinski definition) is 1. The second-order valence-corrected chi connectivity index (χ2v) is 5.24. The van der Waals surface area contributed by atoms with E-state index in [9.17, 15) is 4.79 Å². The van der Waals surface area contributed by atoms with E-state index in [4.69, 9.17) is 9.15 Å². The van der Waals surface area contributed by atoms with Gasteiger partial charge in [0.15, 0.2) is 0 Å². The van der Waals surface area contributed by atoms with Crippen molar-refractivity contribution < 1.29 is 13.9 Å². The van der Waals surface area contributed by atoms with Crippen LogP contribution in [0.15, 0.2) is 21.2 Å². The predicted molar refractivity (Wildman–Crippen MR) is 64.0 cm³/mol. The van der Waals surface area contributed by atoms with E-state index in [1.54, 1.807) is 6.26 Å². The Morgan fingerprint density at radius 2 is 2.25 bits per heavy atom. The molecule has 0 aromatic carbocycles. The number of carbonyl (C=O) groups is 1. The second kappa shape index (κ2) is 5.50. The average Bonchev–Trinajstić information content (AvgIpc) is 2.48. The summed E-state index contributed by atoms with van der Waals surface area (Å²) in [6, 6.07) is 1.81. The summed E-state index contributed by atoms with van der Waals surface area (Å²) in [4.78, 5) is 11.3. The number of hydrogen-bond acceptors (Lipinski definition) is 4. The van der Waals surface area contributed by atoms with E-state index in [1.165, 1.54) is 0 Å². The van der Waals surface area contributed by atoms with Crippen LogP contribution in [-0.2, 0) is 16.1 Å². The van der Waals surface area contributed by atoms with E-state index in [1.807, 2.05) is 26.8 Å². The summed E-state index contributed by atoms with van der Waals surface area (Å²) in [6.45, 7) is 6.19. The number of esters is 1. The molecule has 0 saturated carbocycles. The molecule has 0 radical (unpaired) electrons. The van der Waals surface area contributed by atoms with Gasteiger partial charge in [-0.2, -0.15) is 0 Å². The number of nitrogens with one attached hydrogen (secondary N) is 1. The average molecular weight is 290 g/mol. The van der Waals surface area contributed by atoms with E-state index < -0.39 is 5.60 Å². The molecule has 0 spiro atoms. The molecule has 1 aromatic rings. The van der Waals surface area contributed by atoms with E-state index in [-0.39, 0.29) is 12.5 Å². The molecule has 1 N–H and O–H groups in total. The molecule has 5 heteroatoms. The largest absolute Gasteiger partial charge is 0.467 e. The Labute approximate surface area is 103 Å². The van der Waals surface area contributed by atoms with E-state index >= 15 is 0 Å². The normalized spacial score (nSPS) is 11.5. The number of halogens is 1. The van der Waals surface area contributed by atoms with Crippen LogP contribution in [0, 0.1) is 0 Å². The minimum atomic E-state index is -0.440. The zero-order valence-corrected chi connectivity index (χ0v) is 11.3. The summed E-state index contributed by atoms with van der Waals surface area (Å²) in [5, 5.41) is 2.95.